The van der Waals surface area contributed by atoms with Gasteiger partial charge in [-0.25, -0.2) is 0 Å². The second kappa shape index (κ2) is 15.1. The van der Waals surface area contributed by atoms with Crippen LogP contribution in [0.15, 0.2) is 24.3 Å². The first-order chi connectivity index (χ1) is 11.4. The van der Waals surface area contributed by atoms with Crippen LogP contribution in [-0.2, 0) is 5.33 Å². The number of hydrogen-bond donors (Lipinski definition) is 0. The Balaban J connectivity index is 1.82. The predicted molar refractivity (Wildman–Crippen MR) is 106 cm³/mol. The molecule has 1 aromatic carbocycles. The van der Waals surface area contributed by atoms with E-state index < -0.39 is 0 Å². The summed E-state index contributed by atoms with van der Waals surface area (Å²) in [4.78, 5) is 0. The summed E-state index contributed by atoms with van der Waals surface area (Å²) in [6.45, 7) is 3.14. The van der Waals surface area contributed by atoms with Crippen molar-refractivity contribution in [2.24, 2.45) is 0 Å². The zero-order chi connectivity index (χ0) is 16.6. The summed E-state index contributed by atoms with van der Waals surface area (Å²) >= 11 is 3.46. The highest BCUT2D eigenvalue weighted by Crippen LogP contribution is 2.15. The molecule has 0 aromatic heterocycles. The molecule has 1 rings (SSSR count). The SMILES string of the molecule is CCCCCCCCCCCCCCOc1ccc(CBr)cc1. The lowest BCUT2D eigenvalue weighted by molar-refractivity contribution is 0.304. The summed E-state index contributed by atoms with van der Waals surface area (Å²) < 4.78 is 5.78. The van der Waals surface area contributed by atoms with Crippen molar-refractivity contribution < 1.29 is 4.74 Å². The third-order valence-corrected chi connectivity index (χ3v) is 4.99. The number of alkyl halides is 1. The molecule has 0 aliphatic carbocycles. The van der Waals surface area contributed by atoms with Crippen LogP contribution in [0.2, 0.25) is 0 Å². The van der Waals surface area contributed by atoms with Gasteiger partial charge in [-0.05, 0) is 24.1 Å². The second-order valence-electron chi connectivity index (χ2n) is 6.52. The lowest BCUT2D eigenvalue weighted by atomic mass is 10.1. The smallest absolute Gasteiger partial charge is 0.119 e. The Bertz CT molecular complexity index is 361. The van der Waals surface area contributed by atoms with Gasteiger partial charge in [0.2, 0.25) is 0 Å². The Morgan fingerprint density at radius 1 is 0.696 bits per heavy atom. The molecule has 0 amide bonds. The molecule has 1 nitrogen and oxygen atoms in total. The fourth-order valence-corrected chi connectivity index (χ4v) is 3.18. The van der Waals surface area contributed by atoms with Crippen LogP contribution in [-0.4, -0.2) is 6.61 Å². The maximum absolute atomic E-state index is 5.78. The normalized spacial score (nSPS) is 10.9. The summed E-state index contributed by atoms with van der Waals surface area (Å²) in [7, 11) is 0. The quantitative estimate of drug-likeness (QED) is 0.223. The first-order valence-corrected chi connectivity index (χ1v) is 10.8. The van der Waals surface area contributed by atoms with E-state index in [2.05, 4.69) is 47.1 Å². The molecule has 0 spiro atoms. The number of halogens is 1. The summed E-state index contributed by atoms with van der Waals surface area (Å²) in [5.41, 5.74) is 1.29. The minimum absolute atomic E-state index is 0.852. The molecule has 132 valence electrons. The summed E-state index contributed by atoms with van der Waals surface area (Å²) in [6.07, 6.45) is 16.6. The lowest BCUT2D eigenvalue weighted by Crippen LogP contribution is -1.97. The minimum atomic E-state index is 0.852. The molecule has 2 heteroatoms. The standard InChI is InChI=1S/C21H35BrO/c1-2-3-4-5-6-7-8-9-10-11-12-13-18-23-21-16-14-20(19-22)15-17-21/h14-17H,2-13,18-19H2,1H3. The fourth-order valence-electron chi connectivity index (χ4n) is 2.81. The van der Waals surface area contributed by atoms with Crippen molar-refractivity contribution in [1.29, 1.82) is 0 Å². The summed E-state index contributed by atoms with van der Waals surface area (Å²) in [5, 5.41) is 0.909. The Morgan fingerprint density at radius 3 is 1.65 bits per heavy atom. The van der Waals surface area contributed by atoms with E-state index in [1.165, 1.54) is 82.6 Å². The Kier molecular flexibility index (Phi) is 13.4. The van der Waals surface area contributed by atoms with Gasteiger partial charge in [0, 0.05) is 5.33 Å². The van der Waals surface area contributed by atoms with Crippen molar-refractivity contribution in [3.63, 3.8) is 0 Å². The monoisotopic (exact) mass is 382 g/mol. The van der Waals surface area contributed by atoms with E-state index in [1.807, 2.05) is 0 Å². The summed E-state index contributed by atoms with van der Waals surface area (Å²) in [6, 6.07) is 8.37. The van der Waals surface area contributed by atoms with Crippen molar-refractivity contribution in [2.75, 3.05) is 6.61 Å². The van der Waals surface area contributed by atoms with Gasteiger partial charge in [-0.2, -0.15) is 0 Å². The third kappa shape index (κ3) is 11.6. The van der Waals surface area contributed by atoms with E-state index in [4.69, 9.17) is 4.74 Å². The number of unbranched alkanes of at least 4 members (excludes halogenated alkanes) is 11. The van der Waals surface area contributed by atoms with Crippen molar-refractivity contribution >= 4 is 15.9 Å². The van der Waals surface area contributed by atoms with Crippen LogP contribution < -0.4 is 4.74 Å². The average Bonchev–Trinajstić information content (AvgIpc) is 2.59. The molecule has 0 N–H and O–H groups in total. The van der Waals surface area contributed by atoms with Gasteiger partial charge in [-0.1, -0.05) is 106 Å². The van der Waals surface area contributed by atoms with Crippen molar-refractivity contribution in [2.45, 2.75) is 89.3 Å². The number of ether oxygens (including phenoxy) is 1. The number of hydrogen-bond acceptors (Lipinski definition) is 1. The first-order valence-electron chi connectivity index (χ1n) is 9.64. The molecule has 1 aromatic rings. The van der Waals surface area contributed by atoms with E-state index in [1.54, 1.807) is 0 Å². The van der Waals surface area contributed by atoms with Crippen LogP contribution >= 0.6 is 15.9 Å². The molecular weight excluding hydrogens is 348 g/mol. The zero-order valence-corrected chi connectivity index (χ0v) is 16.6. The van der Waals surface area contributed by atoms with E-state index in [0.717, 1.165) is 17.7 Å². The minimum Gasteiger partial charge on any atom is -0.494 e. The molecule has 0 fully saturated rings. The van der Waals surface area contributed by atoms with Crippen LogP contribution in [0.5, 0.6) is 5.75 Å². The van der Waals surface area contributed by atoms with E-state index in [0.29, 0.717) is 0 Å². The van der Waals surface area contributed by atoms with Gasteiger partial charge in [0.25, 0.3) is 0 Å². The molecule has 0 bridgehead atoms. The maximum Gasteiger partial charge on any atom is 0.119 e. The summed E-state index contributed by atoms with van der Waals surface area (Å²) in [5.74, 6) is 0.998. The zero-order valence-electron chi connectivity index (χ0n) is 15.0. The van der Waals surface area contributed by atoms with Gasteiger partial charge in [-0.3, -0.25) is 0 Å². The largest absolute Gasteiger partial charge is 0.494 e. The molecule has 0 saturated carbocycles. The van der Waals surface area contributed by atoms with Crippen LogP contribution in [0.4, 0.5) is 0 Å². The number of benzene rings is 1. The number of rotatable bonds is 15. The van der Waals surface area contributed by atoms with Crippen LogP contribution in [0.1, 0.15) is 89.5 Å². The second-order valence-corrected chi connectivity index (χ2v) is 7.08. The van der Waals surface area contributed by atoms with Gasteiger partial charge in [0.15, 0.2) is 0 Å². The fraction of sp³-hybridized carbons (Fsp3) is 0.714. The molecule has 0 heterocycles. The van der Waals surface area contributed by atoms with Crippen molar-refractivity contribution in [1.82, 2.24) is 0 Å². The van der Waals surface area contributed by atoms with Crippen molar-refractivity contribution in [3.8, 4) is 5.75 Å². The molecule has 0 aliphatic rings. The van der Waals surface area contributed by atoms with E-state index in [-0.39, 0.29) is 0 Å². The van der Waals surface area contributed by atoms with Crippen LogP contribution in [0, 0.1) is 0 Å². The van der Waals surface area contributed by atoms with Crippen LogP contribution in [0.25, 0.3) is 0 Å². The highest BCUT2D eigenvalue weighted by atomic mass is 79.9. The molecule has 23 heavy (non-hydrogen) atoms. The molecule has 0 atom stereocenters. The van der Waals surface area contributed by atoms with Gasteiger partial charge in [-0.15, -0.1) is 0 Å². The Morgan fingerprint density at radius 2 is 1.17 bits per heavy atom. The Hall–Kier alpha value is -0.500. The van der Waals surface area contributed by atoms with E-state index in [9.17, 15) is 0 Å². The lowest BCUT2D eigenvalue weighted by Gasteiger charge is -2.07. The van der Waals surface area contributed by atoms with Crippen molar-refractivity contribution in [3.05, 3.63) is 29.8 Å². The van der Waals surface area contributed by atoms with Gasteiger partial charge in [0.1, 0.15) is 5.75 Å². The predicted octanol–water partition coefficient (Wildman–Crippen LogP) is 7.66. The molecular formula is C21H35BrO. The highest BCUT2D eigenvalue weighted by Gasteiger charge is 1.96. The molecule has 0 saturated heterocycles. The van der Waals surface area contributed by atoms with E-state index >= 15 is 0 Å². The van der Waals surface area contributed by atoms with Crippen LogP contribution in [0.3, 0.4) is 0 Å². The average molecular weight is 383 g/mol. The van der Waals surface area contributed by atoms with Gasteiger partial charge >= 0.3 is 0 Å². The highest BCUT2D eigenvalue weighted by molar-refractivity contribution is 9.08. The topological polar surface area (TPSA) is 9.23 Å². The molecule has 0 radical (unpaired) electrons. The Labute approximate surface area is 152 Å². The van der Waals surface area contributed by atoms with Gasteiger partial charge in [0.05, 0.1) is 6.61 Å². The van der Waals surface area contributed by atoms with Gasteiger partial charge < -0.3 is 4.74 Å². The molecule has 0 aliphatic heterocycles. The maximum atomic E-state index is 5.78. The molecule has 0 unspecified atom stereocenters. The third-order valence-electron chi connectivity index (χ3n) is 4.34. The first kappa shape index (κ1) is 20.5.